The van der Waals surface area contributed by atoms with Gasteiger partial charge in [0.2, 0.25) is 0 Å². The fraction of sp³-hybridized carbons (Fsp3) is 0.750. The number of thioether (sulfide) groups is 1. The van der Waals surface area contributed by atoms with Crippen molar-refractivity contribution in [3.8, 4) is 0 Å². The molecule has 0 unspecified atom stereocenters. The maximum atomic E-state index is 11.2. The maximum Gasteiger partial charge on any atom is 0.324 e. The molecule has 0 fully saturated rings. The van der Waals surface area contributed by atoms with Gasteiger partial charge in [0.15, 0.2) is 0 Å². The van der Waals surface area contributed by atoms with Crippen LogP contribution in [0.15, 0.2) is 0 Å². The van der Waals surface area contributed by atoms with Crippen LogP contribution >= 0.6 is 11.8 Å². The number of carboxylic acid groups (broad SMARTS) is 1. The molecule has 7 heteroatoms. The Morgan fingerprint density at radius 2 is 2.00 bits per heavy atom. The van der Waals surface area contributed by atoms with E-state index in [1.54, 1.807) is 11.8 Å². The molecule has 5 N–H and O–H groups in total. The van der Waals surface area contributed by atoms with Crippen LogP contribution < -0.4 is 11.5 Å². The number of carboxylic acids is 1. The van der Waals surface area contributed by atoms with Gasteiger partial charge in [-0.2, -0.15) is 11.8 Å². The zero-order chi connectivity index (χ0) is 11.8. The molecule has 0 aromatic heterocycles. The molecule has 6 nitrogen and oxygen atoms in total. The molecule has 0 bridgehead atoms. The normalized spacial score (nSPS) is 14.3. The van der Waals surface area contributed by atoms with Crippen molar-refractivity contribution < 1.29 is 19.4 Å². The Morgan fingerprint density at radius 1 is 1.40 bits per heavy atom. The first-order chi connectivity index (χ1) is 6.99. The summed E-state index contributed by atoms with van der Waals surface area (Å²) >= 11 is 1.57. The number of hydrogen-bond acceptors (Lipinski definition) is 6. The Hall–Kier alpha value is -0.790. The summed E-state index contributed by atoms with van der Waals surface area (Å²) in [4.78, 5) is 21.5. The van der Waals surface area contributed by atoms with Crippen LogP contribution in [-0.2, 0) is 14.3 Å². The number of carbonyl (C=O) groups is 2. The summed E-state index contributed by atoms with van der Waals surface area (Å²) in [7, 11) is 0. The second-order valence-electron chi connectivity index (χ2n) is 2.96. The van der Waals surface area contributed by atoms with Crippen LogP contribution in [0.25, 0.3) is 0 Å². The van der Waals surface area contributed by atoms with E-state index < -0.39 is 24.0 Å². The third kappa shape index (κ3) is 6.32. The zero-order valence-corrected chi connectivity index (χ0v) is 9.33. The van der Waals surface area contributed by atoms with E-state index in [4.69, 9.17) is 16.6 Å². The first-order valence-electron chi connectivity index (χ1n) is 4.38. The number of rotatable bonds is 7. The van der Waals surface area contributed by atoms with E-state index in [1.807, 2.05) is 6.26 Å². The SMILES string of the molecule is CSCC[C@H](N)C(=O)OC[C@H](N)C(=O)O. The molecule has 88 valence electrons. The van der Waals surface area contributed by atoms with Crippen molar-refractivity contribution in [2.75, 3.05) is 18.6 Å². The van der Waals surface area contributed by atoms with Crippen LogP contribution in [0.1, 0.15) is 6.42 Å². The highest BCUT2D eigenvalue weighted by atomic mass is 32.2. The Labute approximate surface area is 92.3 Å². The van der Waals surface area contributed by atoms with E-state index in [-0.39, 0.29) is 6.61 Å². The molecule has 0 spiro atoms. The van der Waals surface area contributed by atoms with Crippen molar-refractivity contribution in [3.05, 3.63) is 0 Å². The lowest BCUT2D eigenvalue weighted by molar-refractivity contribution is -0.149. The highest BCUT2D eigenvalue weighted by Gasteiger charge is 2.18. The van der Waals surface area contributed by atoms with Gasteiger partial charge in [-0.05, 0) is 18.4 Å². The van der Waals surface area contributed by atoms with Crippen LogP contribution in [0, 0.1) is 0 Å². The fourth-order valence-electron chi connectivity index (χ4n) is 0.713. The Balaban J connectivity index is 3.77. The lowest BCUT2D eigenvalue weighted by atomic mass is 10.2. The van der Waals surface area contributed by atoms with Gasteiger partial charge in [0.25, 0.3) is 0 Å². The third-order valence-electron chi connectivity index (χ3n) is 1.66. The van der Waals surface area contributed by atoms with Gasteiger partial charge in [-0.1, -0.05) is 0 Å². The number of esters is 1. The number of hydrogen-bond donors (Lipinski definition) is 3. The lowest BCUT2D eigenvalue weighted by Gasteiger charge is -2.12. The minimum atomic E-state index is -1.21. The number of nitrogens with two attached hydrogens (primary N) is 2. The average molecular weight is 236 g/mol. The van der Waals surface area contributed by atoms with E-state index in [0.29, 0.717) is 6.42 Å². The van der Waals surface area contributed by atoms with Crippen molar-refractivity contribution in [2.24, 2.45) is 11.5 Å². The van der Waals surface area contributed by atoms with Crippen molar-refractivity contribution in [3.63, 3.8) is 0 Å². The van der Waals surface area contributed by atoms with E-state index in [2.05, 4.69) is 4.74 Å². The topological polar surface area (TPSA) is 116 Å². The first kappa shape index (κ1) is 14.2. The molecule has 0 saturated carbocycles. The van der Waals surface area contributed by atoms with Crippen LogP contribution in [0.2, 0.25) is 0 Å². The molecule has 15 heavy (non-hydrogen) atoms. The predicted octanol–water partition coefficient (Wildman–Crippen LogP) is -0.978. The number of ether oxygens (including phenoxy) is 1. The lowest BCUT2D eigenvalue weighted by Crippen LogP contribution is -2.39. The first-order valence-corrected chi connectivity index (χ1v) is 5.78. The monoisotopic (exact) mass is 236 g/mol. The van der Waals surface area contributed by atoms with Crippen LogP contribution in [-0.4, -0.2) is 47.7 Å². The molecule has 0 aromatic carbocycles. The van der Waals surface area contributed by atoms with Gasteiger partial charge >= 0.3 is 11.9 Å². The van der Waals surface area contributed by atoms with Crippen molar-refractivity contribution in [2.45, 2.75) is 18.5 Å². The molecule has 0 aromatic rings. The molecule has 0 aliphatic heterocycles. The van der Waals surface area contributed by atoms with Crippen LogP contribution in [0.3, 0.4) is 0 Å². The zero-order valence-electron chi connectivity index (χ0n) is 8.51. The molecule has 0 saturated heterocycles. The highest BCUT2D eigenvalue weighted by molar-refractivity contribution is 7.98. The molecule has 0 heterocycles. The number of carbonyl (C=O) groups excluding carboxylic acids is 1. The van der Waals surface area contributed by atoms with Gasteiger partial charge in [-0.3, -0.25) is 9.59 Å². The van der Waals surface area contributed by atoms with E-state index in [9.17, 15) is 9.59 Å². The summed E-state index contributed by atoms with van der Waals surface area (Å²) in [5, 5.41) is 8.42. The molecular weight excluding hydrogens is 220 g/mol. The molecule has 0 aliphatic rings. The summed E-state index contributed by atoms with van der Waals surface area (Å²) in [5.74, 6) is -1.07. The predicted molar refractivity (Wildman–Crippen MR) is 57.5 cm³/mol. The number of aliphatic carboxylic acids is 1. The molecular formula is C8H16N2O4S. The second-order valence-corrected chi connectivity index (χ2v) is 3.95. The quantitative estimate of drug-likeness (QED) is 0.486. The van der Waals surface area contributed by atoms with E-state index in [0.717, 1.165) is 5.75 Å². The van der Waals surface area contributed by atoms with Gasteiger partial charge in [0.1, 0.15) is 18.7 Å². The van der Waals surface area contributed by atoms with Crippen molar-refractivity contribution in [1.82, 2.24) is 0 Å². The highest BCUT2D eigenvalue weighted by Crippen LogP contribution is 2.00. The van der Waals surface area contributed by atoms with Gasteiger partial charge in [0, 0.05) is 0 Å². The summed E-state index contributed by atoms with van der Waals surface area (Å²) in [6, 6.07) is -1.90. The Bertz CT molecular complexity index is 225. The summed E-state index contributed by atoms with van der Waals surface area (Å²) < 4.78 is 4.64. The minimum absolute atomic E-state index is 0.346. The standard InChI is InChI=1S/C8H16N2O4S/c1-15-3-2-5(9)8(13)14-4-6(10)7(11)12/h5-6H,2-4,9-10H2,1H3,(H,11,12)/t5-,6-/m0/s1. The van der Waals surface area contributed by atoms with Gasteiger partial charge in [-0.25, -0.2) is 0 Å². The molecule has 0 amide bonds. The largest absolute Gasteiger partial charge is 0.480 e. The summed E-state index contributed by atoms with van der Waals surface area (Å²) in [5.41, 5.74) is 10.6. The molecule has 0 radical (unpaired) electrons. The van der Waals surface area contributed by atoms with Gasteiger partial charge in [0.05, 0.1) is 0 Å². The molecule has 0 rings (SSSR count). The van der Waals surface area contributed by atoms with E-state index >= 15 is 0 Å². The minimum Gasteiger partial charge on any atom is -0.480 e. The van der Waals surface area contributed by atoms with Crippen LogP contribution in [0.5, 0.6) is 0 Å². The van der Waals surface area contributed by atoms with Gasteiger partial charge in [-0.15, -0.1) is 0 Å². The van der Waals surface area contributed by atoms with Crippen LogP contribution in [0.4, 0.5) is 0 Å². The van der Waals surface area contributed by atoms with E-state index in [1.165, 1.54) is 0 Å². The fourth-order valence-corrected chi connectivity index (χ4v) is 1.20. The Kier molecular flexibility index (Phi) is 7.10. The van der Waals surface area contributed by atoms with Gasteiger partial charge < -0.3 is 21.3 Å². The molecule has 0 aliphatic carbocycles. The smallest absolute Gasteiger partial charge is 0.324 e. The average Bonchev–Trinajstić information content (AvgIpc) is 2.21. The Morgan fingerprint density at radius 3 is 2.47 bits per heavy atom. The summed E-state index contributed by atoms with van der Waals surface area (Å²) in [6.45, 7) is -0.346. The summed E-state index contributed by atoms with van der Waals surface area (Å²) in [6.07, 6.45) is 2.40. The van der Waals surface area contributed by atoms with Crippen molar-refractivity contribution >= 4 is 23.7 Å². The third-order valence-corrected chi connectivity index (χ3v) is 2.30. The molecule has 2 atom stereocenters. The van der Waals surface area contributed by atoms with Crippen molar-refractivity contribution in [1.29, 1.82) is 0 Å². The maximum absolute atomic E-state index is 11.2. The second kappa shape index (κ2) is 7.49.